The van der Waals surface area contributed by atoms with E-state index in [1.807, 2.05) is 62.4 Å². The van der Waals surface area contributed by atoms with E-state index in [2.05, 4.69) is 5.32 Å². The number of hydrogen-bond acceptors (Lipinski definition) is 4. The average Bonchev–Trinajstić information content (AvgIpc) is 2.60. The van der Waals surface area contributed by atoms with E-state index in [9.17, 15) is 4.79 Å². The van der Waals surface area contributed by atoms with Crippen molar-refractivity contribution >= 4 is 5.91 Å². The molecule has 126 valence electrons. The molecule has 0 radical (unpaired) electrons. The molecular weight excluding hydrogens is 306 g/mol. The van der Waals surface area contributed by atoms with Crippen molar-refractivity contribution in [2.45, 2.75) is 19.4 Å². The SMILES string of the molecule is CC(C)(NC(=O)COc1ccccc1)c1ccc2c(c1)OCCO2. The van der Waals surface area contributed by atoms with Crippen LogP contribution in [0.2, 0.25) is 0 Å². The molecule has 0 saturated heterocycles. The molecule has 0 aliphatic carbocycles. The zero-order valence-corrected chi connectivity index (χ0v) is 13.9. The number of benzene rings is 2. The predicted octanol–water partition coefficient (Wildman–Crippen LogP) is 2.89. The van der Waals surface area contributed by atoms with Gasteiger partial charge in [-0.15, -0.1) is 0 Å². The number of carbonyl (C=O) groups excluding carboxylic acids is 1. The van der Waals surface area contributed by atoms with E-state index in [0.29, 0.717) is 24.7 Å². The van der Waals surface area contributed by atoms with E-state index in [1.54, 1.807) is 0 Å². The molecule has 2 aromatic carbocycles. The molecule has 5 nitrogen and oxygen atoms in total. The Balaban J connectivity index is 1.63. The highest BCUT2D eigenvalue weighted by atomic mass is 16.6. The summed E-state index contributed by atoms with van der Waals surface area (Å²) in [6.07, 6.45) is 0. The van der Waals surface area contributed by atoms with Gasteiger partial charge in [0.25, 0.3) is 5.91 Å². The summed E-state index contributed by atoms with van der Waals surface area (Å²) in [6, 6.07) is 15.0. The van der Waals surface area contributed by atoms with Crippen LogP contribution in [0.25, 0.3) is 0 Å². The highest BCUT2D eigenvalue weighted by Crippen LogP contribution is 2.34. The van der Waals surface area contributed by atoms with E-state index in [1.165, 1.54) is 0 Å². The van der Waals surface area contributed by atoms with Crippen molar-refractivity contribution in [1.82, 2.24) is 5.32 Å². The van der Waals surface area contributed by atoms with Crippen molar-refractivity contribution in [2.24, 2.45) is 0 Å². The van der Waals surface area contributed by atoms with E-state index >= 15 is 0 Å². The monoisotopic (exact) mass is 327 g/mol. The van der Waals surface area contributed by atoms with Crippen LogP contribution >= 0.6 is 0 Å². The molecule has 0 unspecified atom stereocenters. The van der Waals surface area contributed by atoms with Gasteiger partial charge in [-0.25, -0.2) is 0 Å². The minimum atomic E-state index is -0.549. The Morgan fingerprint density at radius 1 is 1.08 bits per heavy atom. The third-order valence-corrected chi connectivity index (χ3v) is 3.83. The lowest BCUT2D eigenvalue weighted by molar-refractivity contribution is -0.124. The standard InChI is InChI=1S/C19H21NO4/c1-19(2,14-8-9-16-17(12-14)23-11-10-22-16)20-18(21)13-24-15-6-4-3-5-7-15/h3-9,12H,10-11,13H2,1-2H3,(H,20,21). The zero-order chi connectivity index (χ0) is 17.0. The smallest absolute Gasteiger partial charge is 0.258 e. The second kappa shape index (κ2) is 6.83. The summed E-state index contributed by atoms with van der Waals surface area (Å²) < 4.78 is 16.6. The molecule has 0 fully saturated rings. The topological polar surface area (TPSA) is 56.8 Å². The van der Waals surface area contributed by atoms with E-state index in [4.69, 9.17) is 14.2 Å². The maximum absolute atomic E-state index is 12.2. The fraction of sp³-hybridized carbons (Fsp3) is 0.316. The van der Waals surface area contributed by atoms with Gasteiger partial charge in [0.1, 0.15) is 19.0 Å². The maximum atomic E-state index is 12.2. The van der Waals surface area contributed by atoms with Crippen molar-refractivity contribution in [3.05, 3.63) is 54.1 Å². The van der Waals surface area contributed by atoms with E-state index in [-0.39, 0.29) is 12.5 Å². The molecule has 1 aliphatic rings. The molecule has 24 heavy (non-hydrogen) atoms. The van der Waals surface area contributed by atoms with Gasteiger partial charge in [-0.05, 0) is 43.7 Å². The van der Waals surface area contributed by atoms with Gasteiger partial charge in [0.05, 0.1) is 5.54 Å². The van der Waals surface area contributed by atoms with Crippen molar-refractivity contribution in [3.63, 3.8) is 0 Å². The molecule has 0 saturated carbocycles. The Morgan fingerprint density at radius 2 is 1.79 bits per heavy atom. The molecule has 1 aliphatic heterocycles. The lowest BCUT2D eigenvalue weighted by Crippen LogP contribution is -2.43. The quantitative estimate of drug-likeness (QED) is 0.917. The summed E-state index contributed by atoms with van der Waals surface area (Å²) in [5.41, 5.74) is 0.396. The molecule has 0 aromatic heterocycles. The molecule has 1 N–H and O–H groups in total. The van der Waals surface area contributed by atoms with Crippen molar-refractivity contribution < 1.29 is 19.0 Å². The Kier molecular flexibility index (Phi) is 4.60. The molecule has 1 heterocycles. The third-order valence-electron chi connectivity index (χ3n) is 3.83. The molecule has 1 amide bonds. The first-order chi connectivity index (χ1) is 11.5. The van der Waals surface area contributed by atoms with Crippen LogP contribution in [0.1, 0.15) is 19.4 Å². The van der Waals surface area contributed by atoms with Gasteiger partial charge in [0.15, 0.2) is 18.1 Å². The van der Waals surface area contributed by atoms with Crippen molar-refractivity contribution in [2.75, 3.05) is 19.8 Å². The number of para-hydroxylation sites is 1. The average molecular weight is 327 g/mol. The van der Waals surface area contributed by atoms with Crippen molar-refractivity contribution in [1.29, 1.82) is 0 Å². The number of nitrogens with one attached hydrogen (secondary N) is 1. The molecular formula is C19H21NO4. The predicted molar refractivity (Wildman–Crippen MR) is 90.5 cm³/mol. The summed E-state index contributed by atoms with van der Waals surface area (Å²) in [6.45, 7) is 4.95. The Bertz CT molecular complexity index is 713. The van der Waals surface area contributed by atoms with Crippen LogP contribution < -0.4 is 19.5 Å². The van der Waals surface area contributed by atoms with Crippen LogP contribution in [-0.4, -0.2) is 25.7 Å². The van der Waals surface area contributed by atoms with Crippen LogP contribution in [0, 0.1) is 0 Å². The van der Waals surface area contributed by atoms with Crippen LogP contribution in [0.4, 0.5) is 0 Å². The third kappa shape index (κ3) is 3.79. The Labute approximate surface area is 141 Å². The van der Waals surface area contributed by atoms with Gasteiger partial charge < -0.3 is 19.5 Å². The first-order valence-electron chi connectivity index (χ1n) is 7.93. The largest absolute Gasteiger partial charge is 0.486 e. The molecule has 0 atom stereocenters. The number of hydrogen-bond donors (Lipinski definition) is 1. The maximum Gasteiger partial charge on any atom is 0.258 e. The van der Waals surface area contributed by atoms with E-state index in [0.717, 1.165) is 11.3 Å². The van der Waals surface area contributed by atoms with Gasteiger partial charge in [-0.1, -0.05) is 24.3 Å². The Hall–Kier alpha value is -2.69. The lowest BCUT2D eigenvalue weighted by Gasteiger charge is -2.28. The zero-order valence-electron chi connectivity index (χ0n) is 13.9. The first kappa shape index (κ1) is 16.2. The summed E-state index contributed by atoms with van der Waals surface area (Å²) >= 11 is 0. The first-order valence-corrected chi connectivity index (χ1v) is 7.93. The highest BCUT2D eigenvalue weighted by Gasteiger charge is 2.25. The fourth-order valence-corrected chi connectivity index (χ4v) is 2.55. The van der Waals surface area contributed by atoms with Crippen LogP contribution in [0.3, 0.4) is 0 Å². The number of fused-ring (bicyclic) bond motifs is 1. The summed E-state index contributed by atoms with van der Waals surface area (Å²) in [5, 5.41) is 2.99. The summed E-state index contributed by atoms with van der Waals surface area (Å²) in [4.78, 5) is 12.2. The van der Waals surface area contributed by atoms with Gasteiger partial charge in [-0.2, -0.15) is 0 Å². The Morgan fingerprint density at radius 3 is 2.54 bits per heavy atom. The molecule has 5 heteroatoms. The van der Waals surface area contributed by atoms with Crippen molar-refractivity contribution in [3.8, 4) is 17.2 Å². The molecule has 2 aromatic rings. The fourth-order valence-electron chi connectivity index (χ4n) is 2.55. The molecule has 3 rings (SSSR count). The minimum absolute atomic E-state index is 0.0298. The van der Waals surface area contributed by atoms with Crippen LogP contribution in [-0.2, 0) is 10.3 Å². The van der Waals surface area contributed by atoms with Crippen LogP contribution in [0.15, 0.2) is 48.5 Å². The second-order valence-corrected chi connectivity index (χ2v) is 6.13. The minimum Gasteiger partial charge on any atom is -0.486 e. The molecule has 0 spiro atoms. The second-order valence-electron chi connectivity index (χ2n) is 6.13. The van der Waals surface area contributed by atoms with Crippen LogP contribution in [0.5, 0.6) is 17.2 Å². The summed E-state index contributed by atoms with van der Waals surface area (Å²) in [7, 11) is 0. The molecule has 0 bridgehead atoms. The number of ether oxygens (including phenoxy) is 3. The van der Waals surface area contributed by atoms with E-state index < -0.39 is 5.54 Å². The van der Waals surface area contributed by atoms with Gasteiger partial charge in [0, 0.05) is 0 Å². The number of carbonyl (C=O) groups is 1. The number of rotatable bonds is 5. The highest BCUT2D eigenvalue weighted by molar-refractivity contribution is 5.78. The van der Waals surface area contributed by atoms with Gasteiger partial charge in [-0.3, -0.25) is 4.79 Å². The number of amides is 1. The van der Waals surface area contributed by atoms with Gasteiger partial charge in [0.2, 0.25) is 0 Å². The summed E-state index contributed by atoms with van der Waals surface area (Å²) in [5.74, 6) is 1.93. The van der Waals surface area contributed by atoms with Gasteiger partial charge >= 0.3 is 0 Å². The normalized spacial score (nSPS) is 13.2. The lowest BCUT2D eigenvalue weighted by atomic mass is 9.93.